The number of aromatic nitrogens is 3. The van der Waals surface area contributed by atoms with E-state index in [1.165, 1.54) is 38.5 Å². The van der Waals surface area contributed by atoms with Crippen molar-refractivity contribution in [3.63, 3.8) is 0 Å². The quantitative estimate of drug-likeness (QED) is 0.576. The van der Waals surface area contributed by atoms with Crippen LogP contribution in [0.4, 0.5) is 5.95 Å². The number of aryl methyl sites for hydroxylation is 1. The number of halogens is 1. The highest BCUT2D eigenvalue weighted by Crippen LogP contribution is 2.47. The number of rotatable bonds is 2. The molecule has 1 saturated carbocycles. The van der Waals surface area contributed by atoms with E-state index in [1.807, 2.05) is 23.8 Å². The Balaban J connectivity index is 1.54. The average molecular weight is 387 g/mol. The van der Waals surface area contributed by atoms with Crippen molar-refractivity contribution >= 4 is 34.5 Å². The molecule has 4 heterocycles. The van der Waals surface area contributed by atoms with Gasteiger partial charge in [0.1, 0.15) is 5.65 Å². The van der Waals surface area contributed by atoms with Crippen molar-refractivity contribution in [1.82, 2.24) is 14.4 Å². The number of hydrogen-bond donors (Lipinski definition) is 0. The van der Waals surface area contributed by atoms with Crippen LogP contribution in [0.1, 0.15) is 44.2 Å². The summed E-state index contributed by atoms with van der Waals surface area (Å²) in [6.07, 6.45) is 12.2. The predicted molar refractivity (Wildman–Crippen MR) is 108 cm³/mol. The number of nitrogens with zero attached hydrogens (tertiary/aromatic N) is 4. The number of thiophene rings is 1. The van der Waals surface area contributed by atoms with Gasteiger partial charge in [-0.3, -0.25) is 4.40 Å². The molecule has 0 atom stereocenters. The molecule has 0 bridgehead atoms. The largest absolute Gasteiger partial charge is 0.342 e. The van der Waals surface area contributed by atoms with Gasteiger partial charge in [0.25, 0.3) is 0 Å². The van der Waals surface area contributed by atoms with Gasteiger partial charge in [-0.05, 0) is 49.5 Å². The van der Waals surface area contributed by atoms with Crippen LogP contribution in [0.5, 0.6) is 0 Å². The summed E-state index contributed by atoms with van der Waals surface area (Å²) < 4.78 is 2.14. The lowest BCUT2D eigenvalue weighted by molar-refractivity contribution is 0.225. The highest BCUT2D eigenvalue weighted by atomic mass is 35.5. The third-order valence-electron chi connectivity index (χ3n) is 6.32. The topological polar surface area (TPSA) is 33.4 Å². The van der Waals surface area contributed by atoms with E-state index in [4.69, 9.17) is 16.6 Å². The molecule has 3 aromatic rings. The average Bonchev–Trinajstić information content (AvgIpc) is 3.38. The first-order chi connectivity index (χ1) is 12.7. The number of piperidine rings is 1. The van der Waals surface area contributed by atoms with Crippen LogP contribution >= 0.6 is 22.9 Å². The number of fused-ring (bicyclic) bond motifs is 1. The van der Waals surface area contributed by atoms with Crippen LogP contribution in [-0.2, 0) is 0 Å². The van der Waals surface area contributed by atoms with E-state index in [9.17, 15) is 0 Å². The Morgan fingerprint density at radius 1 is 1.15 bits per heavy atom. The lowest BCUT2D eigenvalue weighted by Crippen LogP contribution is -2.40. The molecule has 1 saturated heterocycles. The molecular formula is C20H23ClN4S. The third kappa shape index (κ3) is 2.55. The number of anilines is 1. The molecule has 1 aliphatic carbocycles. The van der Waals surface area contributed by atoms with Gasteiger partial charge in [-0.25, -0.2) is 9.97 Å². The summed E-state index contributed by atoms with van der Waals surface area (Å²) in [5, 5.41) is 2.80. The molecule has 0 N–H and O–H groups in total. The van der Waals surface area contributed by atoms with Crippen molar-refractivity contribution in [3.8, 4) is 10.4 Å². The number of hydrogen-bond acceptors (Lipinski definition) is 4. The fourth-order valence-corrected chi connectivity index (χ4v) is 6.08. The zero-order chi connectivity index (χ0) is 17.7. The van der Waals surface area contributed by atoms with E-state index in [-0.39, 0.29) is 0 Å². The molecule has 3 aromatic heterocycles. The van der Waals surface area contributed by atoms with Gasteiger partial charge in [0.15, 0.2) is 0 Å². The van der Waals surface area contributed by atoms with Crippen LogP contribution < -0.4 is 4.90 Å². The summed E-state index contributed by atoms with van der Waals surface area (Å²) in [6.45, 7) is 4.27. The molecule has 136 valence electrons. The van der Waals surface area contributed by atoms with E-state index < -0.39 is 0 Å². The minimum absolute atomic E-state index is 0.615. The molecule has 1 spiro atoms. The minimum Gasteiger partial charge on any atom is -0.342 e. The van der Waals surface area contributed by atoms with Crippen molar-refractivity contribution in [2.75, 3.05) is 18.0 Å². The van der Waals surface area contributed by atoms with Crippen LogP contribution in [0.25, 0.3) is 16.1 Å². The zero-order valence-electron chi connectivity index (χ0n) is 15.0. The first kappa shape index (κ1) is 16.6. The van der Waals surface area contributed by atoms with Crippen molar-refractivity contribution < 1.29 is 0 Å². The smallest absolute Gasteiger partial charge is 0.211 e. The second-order valence-corrected chi connectivity index (χ2v) is 9.11. The molecule has 0 unspecified atom stereocenters. The van der Waals surface area contributed by atoms with E-state index in [2.05, 4.69) is 21.2 Å². The highest BCUT2D eigenvalue weighted by molar-refractivity contribution is 7.14. The molecule has 4 nitrogen and oxygen atoms in total. The molecule has 5 rings (SSSR count). The molecule has 2 aliphatic rings. The van der Waals surface area contributed by atoms with Crippen LogP contribution in [0.3, 0.4) is 0 Å². The predicted octanol–water partition coefficient (Wildman–Crippen LogP) is 5.58. The Hall–Kier alpha value is -1.59. The Morgan fingerprint density at radius 2 is 1.92 bits per heavy atom. The van der Waals surface area contributed by atoms with Gasteiger partial charge in [0.2, 0.25) is 5.95 Å². The monoisotopic (exact) mass is 386 g/mol. The first-order valence-corrected chi connectivity index (χ1v) is 10.7. The van der Waals surface area contributed by atoms with Crippen molar-refractivity contribution in [2.24, 2.45) is 5.41 Å². The van der Waals surface area contributed by atoms with Gasteiger partial charge >= 0.3 is 0 Å². The maximum Gasteiger partial charge on any atom is 0.211 e. The summed E-state index contributed by atoms with van der Waals surface area (Å²) in [5.41, 5.74) is 3.63. The van der Waals surface area contributed by atoms with Crippen LogP contribution in [0.2, 0.25) is 5.02 Å². The Morgan fingerprint density at radius 3 is 2.62 bits per heavy atom. The van der Waals surface area contributed by atoms with Gasteiger partial charge < -0.3 is 4.90 Å². The van der Waals surface area contributed by atoms with Gasteiger partial charge in [-0.1, -0.05) is 24.4 Å². The standard InChI is InChI=1S/C20H23ClN4S/c1-14-16(17-15(21)4-13-26-17)18-22-9-12-25(18)19(23-14)24-10-7-20(8-11-24)5-2-3-6-20/h4,9,12-13H,2-3,5-8,10-11H2,1H3. The molecule has 0 amide bonds. The molecule has 0 radical (unpaired) electrons. The van der Waals surface area contributed by atoms with E-state index in [0.717, 1.165) is 45.8 Å². The Labute approximate surface area is 162 Å². The summed E-state index contributed by atoms with van der Waals surface area (Å²) in [7, 11) is 0. The maximum atomic E-state index is 6.41. The summed E-state index contributed by atoms with van der Waals surface area (Å²) in [6, 6.07) is 1.94. The van der Waals surface area contributed by atoms with Crippen LogP contribution in [-0.4, -0.2) is 27.5 Å². The summed E-state index contributed by atoms with van der Waals surface area (Å²) in [4.78, 5) is 13.2. The SMILES string of the molecule is Cc1nc(N2CCC3(CCCC3)CC2)n2ccnc2c1-c1sccc1Cl. The molecule has 6 heteroatoms. The van der Waals surface area contributed by atoms with Crippen molar-refractivity contribution in [2.45, 2.75) is 45.4 Å². The van der Waals surface area contributed by atoms with Gasteiger partial charge in [-0.15, -0.1) is 11.3 Å². The minimum atomic E-state index is 0.615. The lowest BCUT2D eigenvalue weighted by Gasteiger charge is -2.40. The summed E-state index contributed by atoms with van der Waals surface area (Å²) >= 11 is 8.06. The van der Waals surface area contributed by atoms with Crippen LogP contribution in [0, 0.1) is 12.3 Å². The normalized spacial score (nSPS) is 19.7. The van der Waals surface area contributed by atoms with Crippen molar-refractivity contribution in [3.05, 3.63) is 34.6 Å². The first-order valence-electron chi connectivity index (χ1n) is 9.49. The number of imidazole rings is 1. The molecular weight excluding hydrogens is 364 g/mol. The van der Waals surface area contributed by atoms with Gasteiger partial charge in [0.05, 0.1) is 21.2 Å². The third-order valence-corrected chi connectivity index (χ3v) is 7.68. The maximum absolute atomic E-state index is 6.41. The van der Waals surface area contributed by atoms with Crippen LogP contribution in [0.15, 0.2) is 23.8 Å². The highest BCUT2D eigenvalue weighted by Gasteiger charge is 2.37. The Kier molecular flexibility index (Phi) is 3.98. The van der Waals surface area contributed by atoms with E-state index in [1.54, 1.807) is 11.3 Å². The van der Waals surface area contributed by atoms with E-state index >= 15 is 0 Å². The molecule has 2 fully saturated rings. The van der Waals surface area contributed by atoms with Gasteiger partial charge in [-0.2, -0.15) is 0 Å². The molecule has 1 aliphatic heterocycles. The molecule has 0 aromatic carbocycles. The zero-order valence-corrected chi connectivity index (χ0v) is 16.6. The second-order valence-electron chi connectivity index (χ2n) is 7.78. The lowest BCUT2D eigenvalue weighted by atomic mass is 9.77. The van der Waals surface area contributed by atoms with Crippen molar-refractivity contribution in [1.29, 1.82) is 0 Å². The Bertz CT molecular complexity index is 944. The van der Waals surface area contributed by atoms with Gasteiger partial charge in [0, 0.05) is 25.5 Å². The fraction of sp³-hybridized carbons (Fsp3) is 0.500. The molecule has 26 heavy (non-hydrogen) atoms. The fourth-order valence-electron chi connectivity index (χ4n) is 4.84. The van der Waals surface area contributed by atoms with E-state index in [0.29, 0.717) is 5.41 Å². The second kappa shape index (κ2) is 6.24. The summed E-state index contributed by atoms with van der Waals surface area (Å²) in [5.74, 6) is 1.03.